The Morgan fingerprint density at radius 1 is 1.17 bits per heavy atom. The number of aryl methyl sites for hydroxylation is 3. The number of fused-ring (bicyclic) bond motifs is 1. The lowest BCUT2D eigenvalue weighted by atomic mass is 9.99. The lowest BCUT2D eigenvalue weighted by molar-refractivity contribution is 0.559. The SMILES string of the molecule is Cc1cc(S(=O)(=O)N2c3ccc(F)cc3CC[C@@H]2C)c(C)cc1Cl. The Morgan fingerprint density at radius 3 is 2.58 bits per heavy atom. The highest BCUT2D eigenvalue weighted by Crippen LogP contribution is 2.37. The van der Waals surface area contributed by atoms with Gasteiger partial charge >= 0.3 is 0 Å². The van der Waals surface area contributed by atoms with Gasteiger partial charge in [0.1, 0.15) is 5.82 Å². The molecule has 0 N–H and O–H groups in total. The van der Waals surface area contributed by atoms with Gasteiger partial charge in [0.2, 0.25) is 0 Å². The quantitative estimate of drug-likeness (QED) is 0.776. The Balaban J connectivity index is 2.19. The molecule has 1 aliphatic rings. The molecular weight excluding hydrogens is 349 g/mol. The Bertz CT molecular complexity index is 911. The molecule has 0 unspecified atom stereocenters. The van der Waals surface area contributed by atoms with Gasteiger partial charge in [0.15, 0.2) is 0 Å². The van der Waals surface area contributed by atoms with Gasteiger partial charge < -0.3 is 0 Å². The van der Waals surface area contributed by atoms with Crippen molar-refractivity contribution in [3.63, 3.8) is 0 Å². The van der Waals surface area contributed by atoms with Crippen LogP contribution in [-0.2, 0) is 16.4 Å². The van der Waals surface area contributed by atoms with Crippen LogP contribution in [0, 0.1) is 19.7 Å². The van der Waals surface area contributed by atoms with Gasteiger partial charge in [-0.15, -0.1) is 0 Å². The molecule has 0 saturated heterocycles. The minimum atomic E-state index is -3.76. The number of hydrogen-bond acceptors (Lipinski definition) is 2. The summed E-state index contributed by atoms with van der Waals surface area (Å²) >= 11 is 6.10. The van der Waals surface area contributed by atoms with E-state index in [4.69, 9.17) is 11.6 Å². The van der Waals surface area contributed by atoms with Crippen molar-refractivity contribution in [2.75, 3.05) is 4.31 Å². The van der Waals surface area contributed by atoms with E-state index in [1.54, 1.807) is 32.0 Å². The van der Waals surface area contributed by atoms with Crippen LogP contribution >= 0.6 is 11.6 Å². The van der Waals surface area contributed by atoms with Crippen LogP contribution in [0.25, 0.3) is 0 Å². The summed E-state index contributed by atoms with van der Waals surface area (Å²) in [6.45, 7) is 5.39. The lowest BCUT2D eigenvalue weighted by Gasteiger charge is -2.36. The van der Waals surface area contributed by atoms with Crippen LogP contribution in [0.15, 0.2) is 35.2 Å². The average molecular weight is 368 g/mol. The molecule has 2 aromatic rings. The standard InChI is InChI=1S/C18H19ClFNO2S/c1-11-9-18(12(2)8-16(11)19)24(22,23)21-13(3)4-5-14-10-15(20)6-7-17(14)21/h6-10,13H,4-5H2,1-3H3/t13-/m0/s1. The molecule has 6 heteroatoms. The average Bonchev–Trinajstić information content (AvgIpc) is 2.50. The third kappa shape index (κ3) is 2.80. The van der Waals surface area contributed by atoms with Crippen LogP contribution in [0.3, 0.4) is 0 Å². The van der Waals surface area contributed by atoms with E-state index in [2.05, 4.69) is 0 Å². The number of rotatable bonds is 2. The molecule has 2 aromatic carbocycles. The molecule has 1 heterocycles. The zero-order valence-electron chi connectivity index (χ0n) is 13.8. The van der Waals surface area contributed by atoms with E-state index >= 15 is 0 Å². The predicted octanol–water partition coefficient (Wildman–Crippen LogP) is 4.63. The van der Waals surface area contributed by atoms with Crippen molar-refractivity contribution in [2.45, 2.75) is 44.6 Å². The second-order valence-corrected chi connectivity index (χ2v) is 8.52. The lowest BCUT2D eigenvalue weighted by Crippen LogP contribution is -2.42. The zero-order valence-corrected chi connectivity index (χ0v) is 15.4. The largest absolute Gasteiger partial charge is 0.264 e. The van der Waals surface area contributed by atoms with Crippen molar-refractivity contribution in [2.24, 2.45) is 0 Å². The molecule has 0 aliphatic carbocycles. The number of benzene rings is 2. The second kappa shape index (κ2) is 6.05. The van der Waals surface area contributed by atoms with Crippen LogP contribution in [0.2, 0.25) is 5.02 Å². The maximum Gasteiger partial charge on any atom is 0.264 e. The van der Waals surface area contributed by atoms with E-state index in [9.17, 15) is 12.8 Å². The molecule has 0 fully saturated rings. The normalized spacial score (nSPS) is 17.7. The van der Waals surface area contributed by atoms with Crippen molar-refractivity contribution < 1.29 is 12.8 Å². The van der Waals surface area contributed by atoms with E-state index in [0.29, 0.717) is 34.7 Å². The maximum absolute atomic E-state index is 13.5. The summed E-state index contributed by atoms with van der Waals surface area (Å²) in [5, 5.41) is 0.542. The summed E-state index contributed by atoms with van der Waals surface area (Å²) in [5.74, 6) is -0.348. The number of anilines is 1. The van der Waals surface area contributed by atoms with Gasteiger partial charge in [-0.2, -0.15) is 0 Å². The molecule has 0 amide bonds. The molecule has 3 rings (SSSR count). The van der Waals surface area contributed by atoms with Gasteiger partial charge in [-0.3, -0.25) is 4.31 Å². The summed E-state index contributed by atoms with van der Waals surface area (Å²) in [6.07, 6.45) is 1.32. The Hall–Kier alpha value is -1.59. The Kier molecular flexibility index (Phi) is 4.34. The summed E-state index contributed by atoms with van der Waals surface area (Å²) in [4.78, 5) is 0.244. The van der Waals surface area contributed by atoms with E-state index < -0.39 is 10.0 Å². The zero-order chi connectivity index (χ0) is 17.6. The monoisotopic (exact) mass is 367 g/mol. The summed E-state index contributed by atoms with van der Waals surface area (Å²) < 4.78 is 41.6. The molecule has 0 aromatic heterocycles. The van der Waals surface area contributed by atoms with Crippen LogP contribution in [0.5, 0.6) is 0 Å². The molecule has 1 atom stereocenters. The topological polar surface area (TPSA) is 37.4 Å². The Morgan fingerprint density at radius 2 is 1.88 bits per heavy atom. The molecule has 0 bridgehead atoms. The summed E-state index contributed by atoms with van der Waals surface area (Å²) in [6, 6.07) is 7.36. The highest BCUT2D eigenvalue weighted by molar-refractivity contribution is 7.93. The van der Waals surface area contributed by atoms with Gasteiger partial charge in [0, 0.05) is 11.1 Å². The third-order valence-corrected chi connectivity index (χ3v) is 6.98. The first-order valence-electron chi connectivity index (χ1n) is 7.81. The molecular formula is C18H19ClFNO2S. The van der Waals surface area contributed by atoms with Crippen molar-refractivity contribution in [3.05, 3.63) is 57.9 Å². The van der Waals surface area contributed by atoms with Crippen molar-refractivity contribution in [1.29, 1.82) is 0 Å². The van der Waals surface area contributed by atoms with E-state index in [1.165, 1.54) is 16.4 Å². The molecule has 128 valence electrons. The first-order chi connectivity index (χ1) is 11.2. The van der Waals surface area contributed by atoms with Gasteiger partial charge in [-0.1, -0.05) is 11.6 Å². The minimum Gasteiger partial charge on any atom is -0.263 e. The van der Waals surface area contributed by atoms with Crippen LogP contribution in [-0.4, -0.2) is 14.5 Å². The second-order valence-electron chi connectivity index (χ2n) is 6.33. The number of sulfonamides is 1. The van der Waals surface area contributed by atoms with E-state index in [-0.39, 0.29) is 16.8 Å². The number of nitrogens with zero attached hydrogens (tertiary/aromatic N) is 1. The predicted molar refractivity (Wildman–Crippen MR) is 94.8 cm³/mol. The van der Waals surface area contributed by atoms with Gasteiger partial charge in [-0.05, 0) is 80.6 Å². The first-order valence-corrected chi connectivity index (χ1v) is 9.63. The van der Waals surface area contributed by atoms with Crippen molar-refractivity contribution >= 4 is 27.3 Å². The van der Waals surface area contributed by atoms with E-state index in [1.807, 2.05) is 6.92 Å². The summed E-state index contributed by atoms with van der Waals surface area (Å²) in [5.41, 5.74) is 2.60. The minimum absolute atomic E-state index is 0.191. The first kappa shape index (κ1) is 17.2. The van der Waals surface area contributed by atoms with Crippen LogP contribution in [0.4, 0.5) is 10.1 Å². The van der Waals surface area contributed by atoms with Gasteiger partial charge in [-0.25, -0.2) is 12.8 Å². The fraction of sp³-hybridized carbons (Fsp3) is 0.333. The molecule has 0 radical (unpaired) electrons. The highest BCUT2D eigenvalue weighted by Gasteiger charge is 2.35. The van der Waals surface area contributed by atoms with Gasteiger partial charge in [0.05, 0.1) is 10.6 Å². The fourth-order valence-electron chi connectivity index (χ4n) is 3.19. The van der Waals surface area contributed by atoms with E-state index in [0.717, 1.165) is 5.56 Å². The van der Waals surface area contributed by atoms with Crippen molar-refractivity contribution in [3.8, 4) is 0 Å². The molecule has 1 aliphatic heterocycles. The third-order valence-electron chi connectivity index (χ3n) is 4.50. The smallest absolute Gasteiger partial charge is 0.263 e. The van der Waals surface area contributed by atoms with Crippen LogP contribution < -0.4 is 4.31 Å². The highest BCUT2D eigenvalue weighted by atomic mass is 35.5. The molecule has 3 nitrogen and oxygen atoms in total. The van der Waals surface area contributed by atoms with Crippen LogP contribution in [0.1, 0.15) is 30.0 Å². The maximum atomic E-state index is 13.5. The summed E-state index contributed by atoms with van der Waals surface area (Å²) in [7, 11) is -3.76. The number of halogens is 2. The number of hydrogen-bond donors (Lipinski definition) is 0. The molecule has 0 saturated carbocycles. The van der Waals surface area contributed by atoms with Gasteiger partial charge in [0.25, 0.3) is 10.0 Å². The Labute approximate surface area is 147 Å². The fourth-order valence-corrected chi connectivity index (χ4v) is 5.43. The molecule has 24 heavy (non-hydrogen) atoms. The molecule has 0 spiro atoms. The van der Waals surface area contributed by atoms with Crippen molar-refractivity contribution in [1.82, 2.24) is 0 Å².